The molecule has 3 N–H and O–H groups in total. The van der Waals surface area contributed by atoms with Gasteiger partial charge < -0.3 is 15.4 Å². The summed E-state index contributed by atoms with van der Waals surface area (Å²) in [5.41, 5.74) is 1.73. The average Bonchev–Trinajstić information content (AvgIpc) is 2.83. The van der Waals surface area contributed by atoms with Gasteiger partial charge in [0.25, 0.3) is 0 Å². The van der Waals surface area contributed by atoms with E-state index < -0.39 is 0 Å². The minimum atomic E-state index is -0.0640. The number of hydrogen-bond acceptors (Lipinski definition) is 4. The quantitative estimate of drug-likeness (QED) is 0.751. The van der Waals surface area contributed by atoms with Crippen LogP contribution in [0.25, 0.3) is 11.0 Å². The fourth-order valence-electron chi connectivity index (χ4n) is 2.17. The van der Waals surface area contributed by atoms with Crippen LogP contribution < -0.4 is 5.32 Å². The number of fused-ring (bicyclic) bond motifs is 1. The van der Waals surface area contributed by atoms with Crippen LogP contribution in [0.1, 0.15) is 12.5 Å². The number of aliphatic hydroxyl groups excluding tert-OH is 1. The summed E-state index contributed by atoms with van der Waals surface area (Å²) >= 11 is 1.55. The third kappa shape index (κ3) is 3.32. The molecule has 6 heteroatoms. The summed E-state index contributed by atoms with van der Waals surface area (Å²) in [6, 6.07) is 3.74. The molecule has 0 bridgehead atoms. The monoisotopic (exact) mass is 293 g/mol. The average molecular weight is 293 g/mol. The Morgan fingerprint density at radius 2 is 2.40 bits per heavy atom. The van der Waals surface area contributed by atoms with Crippen molar-refractivity contribution in [2.75, 3.05) is 12.9 Å². The molecule has 0 aliphatic carbocycles. The number of carbonyl (C=O) groups is 1. The van der Waals surface area contributed by atoms with Gasteiger partial charge in [0.1, 0.15) is 5.65 Å². The number of carbonyl (C=O) groups excluding carboxylic acids is 1. The number of nitrogens with zero attached hydrogens (tertiary/aromatic N) is 1. The maximum atomic E-state index is 12.1. The van der Waals surface area contributed by atoms with Gasteiger partial charge in [0.15, 0.2) is 0 Å². The topological polar surface area (TPSA) is 78.0 Å². The number of pyridine rings is 1. The second kappa shape index (κ2) is 6.76. The van der Waals surface area contributed by atoms with Crippen molar-refractivity contribution in [2.45, 2.75) is 24.6 Å². The zero-order chi connectivity index (χ0) is 14.5. The summed E-state index contributed by atoms with van der Waals surface area (Å²) in [5.74, 6) is -0.0465. The molecule has 1 amide bonds. The first-order valence-corrected chi connectivity index (χ1v) is 7.78. The van der Waals surface area contributed by atoms with Crippen LogP contribution in [-0.2, 0) is 11.2 Å². The largest absolute Gasteiger partial charge is 0.395 e. The Labute approximate surface area is 122 Å². The smallest absolute Gasteiger partial charge is 0.224 e. The fraction of sp³-hybridized carbons (Fsp3) is 0.429. The highest BCUT2D eigenvalue weighted by molar-refractivity contribution is 7.99. The number of nitrogens with one attached hydrogen (secondary N) is 2. The molecule has 5 nitrogen and oxygen atoms in total. The molecule has 0 saturated carbocycles. The Morgan fingerprint density at radius 1 is 1.60 bits per heavy atom. The van der Waals surface area contributed by atoms with Gasteiger partial charge in [-0.25, -0.2) is 4.98 Å². The molecule has 0 saturated heterocycles. The van der Waals surface area contributed by atoms with Gasteiger partial charge >= 0.3 is 0 Å². The number of rotatable bonds is 6. The first kappa shape index (κ1) is 14.9. The molecule has 0 aromatic carbocycles. The fourth-order valence-corrected chi connectivity index (χ4v) is 2.79. The molecule has 2 rings (SSSR count). The van der Waals surface area contributed by atoms with Crippen molar-refractivity contribution < 1.29 is 9.90 Å². The minimum Gasteiger partial charge on any atom is -0.395 e. The molecular formula is C14H19N3O2S. The lowest BCUT2D eigenvalue weighted by Crippen LogP contribution is -2.41. The molecule has 0 aliphatic rings. The zero-order valence-electron chi connectivity index (χ0n) is 11.6. The van der Waals surface area contributed by atoms with E-state index in [0.29, 0.717) is 6.42 Å². The lowest BCUT2D eigenvalue weighted by Gasteiger charge is -2.21. The lowest BCUT2D eigenvalue weighted by molar-refractivity contribution is -0.121. The van der Waals surface area contributed by atoms with Gasteiger partial charge in [0.2, 0.25) is 5.91 Å². The first-order valence-electron chi connectivity index (χ1n) is 6.49. The highest BCUT2D eigenvalue weighted by Crippen LogP contribution is 2.16. The number of amides is 1. The van der Waals surface area contributed by atoms with E-state index in [1.165, 1.54) is 0 Å². The molecule has 2 aromatic heterocycles. The number of H-pyrrole nitrogens is 1. The van der Waals surface area contributed by atoms with Crippen molar-refractivity contribution in [1.29, 1.82) is 0 Å². The highest BCUT2D eigenvalue weighted by atomic mass is 32.2. The Kier molecular flexibility index (Phi) is 5.03. The minimum absolute atomic E-state index is 0.0172. The van der Waals surface area contributed by atoms with Gasteiger partial charge in [-0.15, -0.1) is 0 Å². The molecule has 0 aliphatic heterocycles. The van der Waals surface area contributed by atoms with Crippen LogP contribution in [0, 0.1) is 0 Å². The van der Waals surface area contributed by atoms with Crippen LogP contribution >= 0.6 is 11.8 Å². The van der Waals surface area contributed by atoms with E-state index in [0.717, 1.165) is 16.6 Å². The first-order chi connectivity index (χ1) is 9.65. The van der Waals surface area contributed by atoms with Crippen molar-refractivity contribution in [1.82, 2.24) is 15.3 Å². The third-order valence-electron chi connectivity index (χ3n) is 3.32. The van der Waals surface area contributed by atoms with Crippen LogP contribution in [0.3, 0.4) is 0 Å². The normalized spacial score (nSPS) is 14.2. The molecule has 2 unspecified atom stereocenters. The van der Waals surface area contributed by atoms with E-state index in [2.05, 4.69) is 15.3 Å². The van der Waals surface area contributed by atoms with Crippen molar-refractivity contribution in [3.05, 3.63) is 30.1 Å². The molecule has 20 heavy (non-hydrogen) atoms. The van der Waals surface area contributed by atoms with Crippen LogP contribution in [0.15, 0.2) is 24.5 Å². The van der Waals surface area contributed by atoms with Gasteiger partial charge in [-0.05, 0) is 30.9 Å². The van der Waals surface area contributed by atoms with Gasteiger partial charge in [0.05, 0.1) is 13.0 Å². The summed E-state index contributed by atoms with van der Waals surface area (Å²) in [4.78, 5) is 19.3. The van der Waals surface area contributed by atoms with Crippen molar-refractivity contribution in [3.63, 3.8) is 0 Å². The number of hydrogen-bond donors (Lipinski definition) is 3. The molecule has 2 aromatic rings. The highest BCUT2D eigenvalue weighted by Gasteiger charge is 2.18. The number of aromatic amines is 1. The molecule has 2 atom stereocenters. The Bertz CT molecular complexity index is 581. The molecule has 108 valence electrons. The predicted molar refractivity (Wildman–Crippen MR) is 81.8 cm³/mol. The summed E-state index contributed by atoms with van der Waals surface area (Å²) in [5, 5.41) is 13.1. The van der Waals surface area contributed by atoms with Crippen molar-refractivity contribution in [3.8, 4) is 0 Å². The Hall–Kier alpha value is -1.53. The molecule has 2 heterocycles. The number of aromatic nitrogens is 2. The van der Waals surface area contributed by atoms with Gasteiger partial charge in [-0.2, -0.15) is 11.8 Å². The van der Waals surface area contributed by atoms with E-state index in [-0.39, 0.29) is 23.8 Å². The molecule has 0 fully saturated rings. The Balaban J connectivity index is 2.01. The van der Waals surface area contributed by atoms with Crippen LogP contribution in [0.5, 0.6) is 0 Å². The molecule has 0 radical (unpaired) electrons. The summed E-state index contributed by atoms with van der Waals surface area (Å²) in [6.45, 7) is 1.96. The summed E-state index contributed by atoms with van der Waals surface area (Å²) in [6.07, 6.45) is 5.77. The van der Waals surface area contributed by atoms with Gasteiger partial charge in [-0.3, -0.25) is 4.79 Å². The van der Waals surface area contributed by atoms with Gasteiger partial charge in [-0.1, -0.05) is 0 Å². The standard InChI is InChI=1S/C14H19N3O2S/c1-9(12(8-18)20-2)17-13(19)6-10-7-16-14-11(10)4-3-5-15-14/h3-5,7,9,12,18H,6,8H2,1-2H3,(H,15,16)(H,17,19). The maximum Gasteiger partial charge on any atom is 0.224 e. The molecule has 0 spiro atoms. The Morgan fingerprint density at radius 3 is 3.10 bits per heavy atom. The predicted octanol–water partition coefficient (Wildman–Crippen LogP) is 1.33. The van der Waals surface area contributed by atoms with Crippen molar-refractivity contribution >= 4 is 28.7 Å². The van der Waals surface area contributed by atoms with Crippen LogP contribution in [0.4, 0.5) is 0 Å². The summed E-state index contributed by atoms with van der Waals surface area (Å²) < 4.78 is 0. The number of aliphatic hydroxyl groups is 1. The van der Waals surface area contributed by atoms with E-state index in [9.17, 15) is 9.90 Å². The van der Waals surface area contributed by atoms with E-state index >= 15 is 0 Å². The second-order valence-electron chi connectivity index (χ2n) is 4.70. The lowest BCUT2D eigenvalue weighted by atomic mass is 10.1. The number of thioether (sulfide) groups is 1. The van der Waals surface area contributed by atoms with Crippen LogP contribution in [0.2, 0.25) is 0 Å². The second-order valence-corrected chi connectivity index (χ2v) is 5.78. The van der Waals surface area contributed by atoms with Crippen LogP contribution in [-0.4, -0.2) is 45.1 Å². The molecular weight excluding hydrogens is 274 g/mol. The zero-order valence-corrected chi connectivity index (χ0v) is 12.4. The third-order valence-corrected chi connectivity index (χ3v) is 4.48. The van der Waals surface area contributed by atoms with E-state index in [4.69, 9.17) is 0 Å². The SMILES string of the molecule is CSC(CO)C(C)NC(=O)Cc1c[nH]c2ncccc12. The van der Waals surface area contributed by atoms with E-state index in [1.54, 1.807) is 18.0 Å². The van der Waals surface area contributed by atoms with Crippen molar-refractivity contribution in [2.24, 2.45) is 0 Å². The van der Waals surface area contributed by atoms with E-state index in [1.807, 2.05) is 31.5 Å². The maximum absolute atomic E-state index is 12.1. The van der Waals surface area contributed by atoms with Gasteiger partial charge in [0, 0.05) is 29.1 Å². The summed E-state index contributed by atoms with van der Waals surface area (Å²) in [7, 11) is 0.